The van der Waals surface area contributed by atoms with Gasteiger partial charge >= 0.3 is 0 Å². The second-order valence-corrected chi connectivity index (χ2v) is 15.8. The maximum absolute atomic E-state index is 15.3. The van der Waals surface area contributed by atoms with Gasteiger partial charge in [0.15, 0.2) is 11.6 Å². The first kappa shape index (κ1) is 45.8. The molecule has 0 radical (unpaired) electrons. The minimum atomic E-state index is -1.05. The molecule has 0 aliphatic carbocycles. The molecule has 17 heteroatoms. The first-order chi connectivity index (χ1) is 32.5. The molecular formula is C50H45F5N12. The summed E-state index contributed by atoms with van der Waals surface area (Å²) < 4.78 is 70.4. The first-order valence-corrected chi connectivity index (χ1v) is 21.4. The molecule has 67 heavy (non-hydrogen) atoms. The molecule has 0 fully saturated rings. The number of pyridine rings is 8. The summed E-state index contributed by atoms with van der Waals surface area (Å²) in [5.41, 5.74) is 15.3. The topological polar surface area (TPSA) is 148 Å². The van der Waals surface area contributed by atoms with Crippen molar-refractivity contribution in [2.24, 2.45) is 5.73 Å². The fourth-order valence-electron chi connectivity index (χ4n) is 7.76. The summed E-state index contributed by atoms with van der Waals surface area (Å²) in [7, 11) is 0. The summed E-state index contributed by atoms with van der Waals surface area (Å²) in [5, 5.41) is 2.98. The molecule has 0 spiro atoms. The highest BCUT2D eigenvalue weighted by molar-refractivity contribution is 5.61. The number of rotatable bonds is 8. The van der Waals surface area contributed by atoms with Crippen LogP contribution in [0.3, 0.4) is 0 Å². The van der Waals surface area contributed by atoms with Gasteiger partial charge in [0.2, 0.25) is 5.82 Å². The summed E-state index contributed by atoms with van der Waals surface area (Å²) in [6, 6.07) is 20.8. The number of nitrogens with two attached hydrogens (primary N) is 1. The summed E-state index contributed by atoms with van der Waals surface area (Å²) in [5.74, 6) is -3.04. The Morgan fingerprint density at radius 2 is 1.06 bits per heavy atom. The number of hydrogen-bond acceptors (Lipinski definition) is 12. The van der Waals surface area contributed by atoms with Crippen molar-refractivity contribution in [1.29, 1.82) is 0 Å². The van der Waals surface area contributed by atoms with Crippen molar-refractivity contribution < 1.29 is 22.0 Å². The Morgan fingerprint density at radius 1 is 0.552 bits per heavy atom. The molecule has 3 N–H and O–H groups in total. The average molecular weight is 909 g/mol. The molecule has 10 rings (SSSR count). The molecule has 12 nitrogen and oxygen atoms in total. The van der Waals surface area contributed by atoms with Crippen LogP contribution >= 0.6 is 0 Å². The van der Waals surface area contributed by atoms with E-state index in [2.05, 4.69) is 45.2 Å². The average Bonchev–Trinajstić information content (AvgIpc) is 3.34. The van der Waals surface area contributed by atoms with E-state index in [-0.39, 0.29) is 29.6 Å². The number of halogens is 5. The van der Waals surface area contributed by atoms with Crippen LogP contribution in [-0.2, 0) is 39.0 Å². The number of fused-ring (bicyclic) bond motifs is 2. The van der Waals surface area contributed by atoms with Crippen molar-refractivity contribution in [3.63, 3.8) is 0 Å². The molecular weight excluding hydrogens is 864 g/mol. The van der Waals surface area contributed by atoms with Crippen LogP contribution < -0.4 is 20.9 Å². The van der Waals surface area contributed by atoms with Crippen LogP contribution in [0.2, 0.25) is 0 Å². The molecule has 8 aromatic heterocycles. The Morgan fingerprint density at radius 3 is 1.60 bits per heavy atom. The van der Waals surface area contributed by atoms with E-state index in [1.165, 1.54) is 24.4 Å². The molecule has 0 bridgehead atoms. The van der Waals surface area contributed by atoms with E-state index in [0.717, 1.165) is 52.3 Å². The lowest BCUT2D eigenvalue weighted by Crippen LogP contribution is -2.31. The number of aromatic nitrogens is 8. The van der Waals surface area contributed by atoms with Crippen LogP contribution in [0, 0.1) is 43.1 Å². The van der Waals surface area contributed by atoms with Crippen LogP contribution in [0.1, 0.15) is 45.0 Å². The molecule has 0 saturated heterocycles. The predicted octanol–water partition coefficient (Wildman–Crippen LogP) is 9.06. The Labute approximate surface area is 383 Å². The van der Waals surface area contributed by atoms with Crippen molar-refractivity contribution >= 4 is 17.2 Å². The van der Waals surface area contributed by atoms with Gasteiger partial charge in [-0.1, -0.05) is 12.1 Å². The van der Waals surface area contributed by atoms with Gasteiger partial charge in [-0.25, -0.2) is 23.1 Å². The number of nitrogens with one attached hydrogen (secondary N) is 1. The predicted molar refractivity (Wildman–Crippen MR) is 246 cm³/mol. The second kappa shape index (κ2) is 21.0. The molecule has 0 unspecified atom stereocenters. The molecule has 0 saturated carbocycles. The minimum absolute atomic E-state index is 0.124. The highest BCUT2D eigenvalue weighted by Gasteiger charge is 2.23. The fourth-order valence-corrected chi connectivity index (χ4v) is 7.76. The highest BCUT2D eigenvalue weighted by Crippen LogP contribution is 2.30. The Hall–Kier alpha value is -7.79. The first-order valence-electron chi connectivity index (χ1n) is 21.4. The van der Waals surface area contributed by atoms with Gasteiger partial charge in [0.1, 0.15) is 23.0 Å². The van der Waals surface area contributed by atoms with E-state index < -0.39 is 23.4 Å². The van der Waals surface area contributed by atoms with Crippen LogP contribution in [-0.4, -0.2) is 53.0 Å². The zero-order valence-corrected chi connectivity index (χ0v) is 36.6. The van der Waals surface area contributed by atoms with Gasteiger partial charge in [-0.3, -0.25) is 29.9 Å². The molecule has 0 atom stereocenters. The third-order valence-electron chi connectivity index (χ3n) is 11.1. The molecule has 340 valence electrons. The third kappa shape index (κ3) is 11.0. The Bertz CT molecular complexity index is 3010. The van der Waals surface area contributed by atoms with Crippen molar-refractivity contribution in [3.8, 4) is 22.5 Å². The van der Waals surface area contributed by atoms with Crippen LogP contribution in [0.15, 0.2) is 122 Å². The summed E-state index contributed by atoms with van der Waals surface area (Å²) in [6.07, 6.45) is 14.3. The molecule has 0 amide bonds. The maximum Gasteiger partial charge on any atom is 0.251 e. The van der Waals surface area contributed by atoms with E-state index in [1.807, 2.05) is 47.9 Å². The van der Waals surface area contributed by atoms with E-state index in [0.29, 0.717) is 60.8 Å². The molecule has 2 aliphatic heterocycles. The quantitative estimate of drug-likeness (QED) is 0.111. The van der Waals surface area contributed by atoms with Gasteiger partial charge in [-0.2, -0.15) is 8.78 Å². The molecule has 8 aromatic rings. The van der Waals surface area contributed by atoms with E-state index in [9.17, 15) is 17.6 Å². The summed E-state index contributed by atoms with van der Waals surface area (Å²) in [6.45, 7) is 6.63. The lowest BCUT2D eigenvalue weighted by atomic mass is 10.1. The van der Waals surface area contributed by atoms with Crippen molar-refractivity contribution in [2.45, 2.75) is 52.9 Å². The monoisotopic (exact) mass is 908 g/mol. The Kier molecular flexibility index (Phi) is 14.4. The van der Waals surface area contributed by atoms with Gasteiger partial charge in [0.25, 0.3) is 5.95 Å². The molecule has 10 heterocycles. The normalized spacial score (nSPS) is 12.8. The van der Waals surface area contributed by atoms with Crippen molar-refractivity contribution in [1.82, 2.24) is 39.9 Å². The van der Waals surface area contributed by atoms with Crippen molar-refractivity contribution in [3.05, 3.63) is 197 Å². The second-order valence-electron chi connectivity index (χ2n) is 15.8. The Balaban J connectivity index is 0.000000150. The van der Waals surface area contributed by atoms with Gasteiger partial charge < -0.3 is 20.9 Å². The van der Waals surface area contributed by atoms with Crippen molar-refractivity contribution in [2.75, 3.05) is 28.2 Å². The summed E-state index contributed by atoms with van der Waals surface area (Å²) >= 11 is 0. The van der Waals surface area contributed by atoms with E-state index in [4.69, 9.17) is 5.73 Å². The number of anilines is 3. The van der Waals surface area contributed by atoms with E-state index in [1.54, 1.807) is 73.7 Å². The van der Waals surface area contributed by atoms with Crippen LogP contribution in [0.25, 0.3) is 22.5 Å². The number of nitrogens with zero attached hydrogens (tertiary/aromatic N) is 10. The fraction of sp³-hybridized carbons (Fsp3) is 0.200. The lowest BCUT2D eigenvalue weighted by Gasteiger charge is -2.30. The van der Waals surface area contributed by atoms with Gasteiger partial charge in [-0.05, 0) is 96.8 Å². The largest absolute Gasteiger partial charge is 0.364 e. The van der Waals surface area contributed by atoms with E-state index >= 15 is 4.39 Å². The SMILES string of the molecule is Cc1cc(-c2ncc(CN)cc2F)ccn1.Cc1cc(-c2ncc(CNc3nccc(N4CCc5ncccc5C4)c3F)cc2F)ccn1.Fc1nccc(N2CCc3ncccc3C2)c1F. The smallest absolute Gasteiger partial charge is 0.251 e. The lowest BCUT2D eigenvalue weighted by molar-refractivity contribution is 0.476. The number of aryl methyl sites for hydroxylation is 2. The third-order valence-corrected chi connectivity index (χ3v) is 11.1. The summed E-state index contributed by atoms with van der Waals surface area (Å²) in [4.78, 5) is 36.4. The molecule has 0 aromatic carbocycles. The van der Waals surface area contributed by atoms with Gasteiger partial charge in [0.05, 0.1) is 11.4 Å². The highest BCUT2D eigenvalue weighted by atomic mass is 19.2. The zero-order chi connectivity index (χ0) is 46.9. The number of hydrogen-bond donors (Lipinski definition) is 2. The molecule has 2 aliphatic rings. The standard InChI is InChI=1S/C25H22F2N6.C13H11F2N3.C12H12FN3/c1-16-11-18(4-8-28-16)24-20(26)12-17(13-31-24)14-32-25-23(27)22(5-9-30-25)33-10-6-21-19(15-33)3-2-7-29-21;14-12-11(3-6-17-13(12)15)18-7-4-10-9(8-18)2-1-5-16-10;1-8-4-10(2-3-15-8)12-11(13)5-9(6-14)7-16-12/h2-5,7-9,11-13H,6,10,14-15H2,1H3,(H,30,32);1-3,5-6H,4,7-8H2;2-5,7H,6,14H2,1H3. The maximum atomic E-state index is 15.3. The van der Waals surface area contributed by atoms with Crippen LogP contribution in [0.4, 0.5) is 39.1 Å². The minimum Gasteiger partial charge on any atom is -0.364 e. The van der Waals surface area contributed by atoms with Gasteiger partial charge in [-0.15, -0.1) is 0 Å². The van der Waals surface area contributed by atoms with Gasteiger partial charge in [0, 0.05) is 136 Å². The zero-order valence-electron chi connectivity index (χ0n) is 36.6. The van der Waals surface area contributed by atoms with Crippen LogP contribution in [0.5, 0.6) is 0 Å².